The van der Waals surface area contributed by atoms with Crippen LogP contribution in [-0.4, -0.2) is 48.1 Å². The Morgan fingerprint density at radius 1 is 1.31 bits per heavy atom. The van der Waals surface area contributed by atoms with Crippen LogP contribution in [0.4, 0.5) is 11.4 Å². The Balaban J connectivity index is 0.00000243. The molecule has 0 aromatic carbocycles. The Kier molecular flexibility index (Phi) is 6.17. The van der Waals surface area contributed by atoms with E-state index < -0.39 is 5.97 Å². The van der Waals surface area contributed by atoms with E-state index in [-0.39, 0.29) is 36.0 Å². The fraction of sp³-hybridized carbons (Fsp3) is 0.143. The van der Waals surface area contributed by atoms with Crippen molar-refractivity contribution in [2.45, 2.75) is 0 Å². The molecule has 0 amide bonds. The van der Waals surface area contributed by atoms with Gasteiger partial charge in [-0.2, -0.15) is 5.10 Å². The van der Waals surface area contributed by atoms with Gasteiger partial charge < -0.3 is 15.2 Å². The van der Waals surface area contributed by atoms with Crippen molar-refractivity contribution in [2.75, 3.05) is 12.4 Å². The number of aromatic nitrogens is 6. The molecule has 0 unspecified atom stereocenters. The summed E-state index contributed by atoms with van der Waals surface area (Å²) >= 11 is 5.82. The third-order valence-electron chi connectivity index (χ3n) is 3.18. The van der Waals surface area contributed by atoms with Crippen LogP contribution in [0.2, 0.25) is 5.15 Å². The van der Waals surface area contributed by atoms with Crippen molar-refractivity contribution in [3.8, 4) is 17.1 Å². The Labute approximate surface area is 165 Å². The minimum atomic E-state index is -1.25. The van der Waals surface area contributed by atoms with Gasteiger partial charge in [-0.25, -0.2) is 9.78 Å². The van der Waals surface area contributed by atoms with E-state index in [2.05, 4.69) is 30.6 Å². The molecule has 12 heteroatoms. The van der Waals surface area contributed by atoms with E-state index in [0.717, 1.165) is 0 Å². The van der Waals surface area contributed by atoms with E-state index in [4.69, 9.17) is 16.3 Å². The van der Waals surface area contributed by atoms with E-state index in [1.54, 1.807) is 24.3 Å². The first-order chi connectivity index (χ1) is 12.0. The number of nitrogens with one attached hydrogen (secondary N) is 1. The molecule has 0 atom stereocenters. The molecule has 0 radical (unpaired) electrons. The summed E-state index contributed by atoms with van der Waals surface area (Å²) in [7, 11) is 3.21. The first-order valence-electron chi connectivity index (χ1n) is 6.91. The Morgan fingerprint density at radius 3 is 2.69 bits per heavy atom. The van der Waals surface area contributed by atoms with E-state index >= 15 is 0 Å². The molecular formula is C14H12ClN7O3Zn. The number of halogens is 1. The second-order valence-electron chi connectivity index (χ2n) is 4.87. The molecular weight excluding hydrogens is 415 g/mol. The number of methoxy groups -OCH3 is 1. The molecule has 26 heavy (non-hydrogen) atoms. The second kappa shape index (κ2) is 8.15. The van der Waals surface area contributed by atoms with Gasteiger partial charge in [-0.15, -0.1) is 10.2 Å². The maximum atomic E-state index is 11.3. The van der Waals surface area contributed by atoms with Crippen LogP contribution in [0.5, 0.6) is 5.75 Å². The number of carboxylic acid groups (broad SMARTS) is 1. The number of rotatable bonds is 5. The minimum absolute atomic E-state index is 0. The average Bonchev–Trinajstić information content (AvgIpc) is 3.00. The normalized spacial score (nSPS) is 10.1. The fourth-order valence-electron chi connectivity index (χ4n) is 2.15. The van der Waals surface area contributed by atoms with Crippen molar-refractivity contribution >= 4 is 28.9 Å². The SMILES string of the molecule is COc1c(Nc2cc(Cl)nnc2C(=O)O)cncc1-c1ncn(C)n1.[Zn]. The van der Waals surface area contributed by atoms with Crippen LogP contribution in [0.3, 0.4) is 0 Å². The monoisotopic (exact) mass is 425 g/mol. The number of hydrogen-bond acceptors (Lipinski definition) is 8. The third kappa shape index (κ3) is 3.94. The van der Waals surface area contributed by atoms with Gasteiger partial charge in [-0.05, 0) is 0 Å². The molecule has 3 heterocycles. The number of ether oxygens (including phenoxy) is 1. The Morgan fingerprint density at radius 2 is 2.08 bits per heavy atom. The summed E-state index contributed by atoms with van der Waals surface area (Å²) in [5, 5.41) is 23.5. The Hall–Kier alpha value is -2.65. The summed E-state index contributed by atoms with van der Waals surface area (Å²) in [6.45, 7) is 0. The molecule has 0 bridgehead atoms. The van der Waals surface area contributed by atoms with Crippen LogP contribution in [-0.2, 0) is 26.5 Å². The molecule has 3 rings (SSSR count). The summed E-state index contributed by atoms with van der Waals surface area (Å²) in [6.07, 6.45) is 4.57. The molecule has 0 aliphatic carbocycles. The third-order valence-corrected chi connectivity index (χ3v) is 3.36. The van der Waals surface area contributed by atoms with Crippen molar-refractivity contribution < 1.29 is 34.1 Å². The molecule has 0 saturated carbocycles. The largest absolute Gasteiger partial charge is 0.494 e. The molecule has 0 spiro atoms. The van der Waals surface area contributed by atoms with Gasteiger partial charge in [0.2, 0.25) is 0 Å². The number of hydrogen-bond donors (Lipinski definition) is 2. The predicted molar refractivity (Wildman–Crippen MR) is 88.1 cm³/mol. The maximum Gasteiger partial charge on any atom is 0.358 e. The number of aromatic carboxylic acids is 1. The smallest absolute Gasteiger partial charge is 0.358 e. The zero-order chi connectivity index (χ0) is 18.0. The van der Waals surface area contributed by atoms with Gasteiger partial charge >= 0.3 is 5.97 Å². The predicted octanol–water partition coefficient (Wildman–Crippen LogP) is 1.77. The maximum absolute atomic E-state index is 11.3. The van der Waals surface area contributed by atoms with Crippen molar-refractivity contribution in [1.29, 1.82) is 0 Å². The van der Waals surface area contributed by atoms with Crippen LogP contribution in [0.1, 0.15) is 10.5 Å². The van der Waals surface area contributed by atoms with Crippen LogP contribution in [0, 0.1) is 0 Å². The van der Waals surface area contributed by atoms with Crippen molar-refractivity contribution in [2.24, 2.45) is 7.05 Å². The van der Waals surface area contributed by atoms with Crippen LogP contribution < -0.4 is 10.1 Å². The molecule has 0 aliphatic heterocycles. The number of carboxylic acids is 1. The second-order valence-corrected chi connectivity index (χ2v) is 5.26. The van der Waals surface area contributed by atoms with Gasteiger partial charge in [0, 0.05) is 38.8 Å². The van der Waals surface area contributed by atoms with Gasteiger partial charge in [0.25, 0.3) is 0 Å². The van der Waals surface area contributed by atoms with E-state index in [1.165, 1.54) is 19.4 Å². The van der Waals surface area contributed by atoms with Crippen LogP contribution in [0.15, 0.2) is 24.8 Å². The molecule has 2 N–H and O–H groups in total. The molecule has 3 aromatic rings. The van der Waals surface area contributed by atoms with Crippen LogP contribution >= 0.6 is 11.6 Å². The first-order valence-corrected chi connectivity index (χ1v) is 7.29. The van der Waals surface area contributed by atoms with Crippen LogP contribution in [0.25, 0.3) is 11.4 Å². The molecule has 3 aromatic heterocycles. The number of pyridine rings is 1. The van der Waals surface area contributed by atoms with Gasteiger partial charge in [0.15, 0.2) is 22.4 Å². The fourth-order valence-corrected chi connectivity index (χ4v) is 2.29. The molecule has 10 nitrogen and oxygen atoms in total. The number of aryl methyl sites for hydroxylation is 1. The van der Waals surface area contributed by atoms with Crippen molar-refractivity contribution in [3.63, 3.8) is 0 Å². The van der Waals surface area contributed by atoms with E-state index in [1.807, 2.05) is 0 Å². The summed E-state index contributed by atoms with van der Waals surface area (Å²) in [5.41, 5.74) is 0.809. The molecule has 0 saturated heterocycles. The van der Waals surface area contributed by atoms with Gasteiger partial charge in [0.1, 0.15) is 12.0 Å². The van der Waals surface area contributed by atoms with Gasteiger partial charge in [0.05, 0.1) is 24.6 Å². The zero-order valence-electron chi connectivity index (χ0n) is 13.8. The molecule has 0 aliphatic rings. The number of nitrogens with zero attached hydrogens (tertiary/aromatic N) is 6. The Bertz CT molecular complexity index is 950. The topological polar surface area (TPSA) is 128 Å². The van der Waals surface area contributed by atoms with Crippen molar-refractivity contribution in [3.05, 3.63) is 35.6 Å². The molecule has 130 valence electrons. The summed E-state index contributed by atoms with van der Waals surface area (Å²) < 4.78 is 6.98. The first kappa shape index (κ1) is 19.7. The van der Waals surface area contributed by atoms with Gasteiger partial charge in [-0.3, -0.25) is 9.67 Å². The van der Waals surface area contributed by atoms with Crippen molar-refractivity contribution in [1.82, 2.24) is 29.9 Å². The summed E-state index contributed by atoms with van der Waals surface area (Å²) in [5.74, 6) is -0.438. The number of anilines is 2. The quantitative estimate of drug-likeness (QED) is 0.586. The average molecular weight is 427 g/mol. The number of carbonyl (C=O) groups is 1. The zero-order valence-corrected chi connectivity index (χ0v) is 17.6. The standard InChI is InChI=1S/C14H12ClN7O3.Zn/c1-22-6-17-13(21-22)7-4-16-5-9(12(7)25-2)18-8-3-10(15)19-20-11(8)14(23)24;/h3-6H,1-2H3,(H,18,19)(H,23,24);. The van der Waals surface area contributed by atoms with E-state index in [9.17, 15) is 9.90 Å². The minimum Gasteiger partial charge on any atom is -0.494 e. The summed E-state index contributed by atoms with van der Waals surface area (Å²) in [4.78, 5) is 19.6. The molecule has 0 fully saturated rings. The van der Waals surface area contributed by atoms with Gasteiger partial charge in [-0.1, -0.05) is 11.6 Å². The summed E-state index contributed by atoms with van der Waals surface area (Å²) in [6, 6.07) is 1.35. The van der Waals surface area contributed by atoms with E-state index in [0.29, 0.717) is 22.8 Å².